The Morgan fingerprint density at radius 1 is 0.938 bits per heavy atom. The van der Waals surface area contributed by atoms with Crippen LogP contribution in [0.1, 0.15) is 51.0 Å². The van der Waals surface area contributed by atoms with Gasteiger partial charge >= 0.3 is 6.18 Å². The lowest BCUT2D eigenvalue weighted by molar-refractivity contribution is -0.0696. The van der Waals surface area contributed by atoms with E-state index in [4.69, 9.17) is 4.74 Å². The van der Waals surface area contributed by atoms with Crippen molar-refractivity contribution in [2.75, 3.05) is 6.61 Å². The van der Waals surface area contributed by atoms with Crippen molar-refractivity contribution in [3.05, 3.63) is 41.2 Å². The first-order valence-corrected chi connectivity index (χ1v) is 10.9. The van der Waals surface area contributed by atoms with Crippen LogP contribution in [0.4, 0.5) is 26.3 Å². The molecule has 2 aliphatic rings. The first-order valence-electron chi connectivity index (χ1n) is 10.9. The number of halogens is 6. The van der Waals surface area contributed by atoms with E-state index in [-0.39, 0.29) is 11.1 Å². The van der Waals surface area contributed by atoms with E-state index in [0.717, 1.165) is 49.2 Å². The minimum atomic E-state index is -4.92. The fourth-order valence-corrected chi connectivity index (χ4v) is 5.30. The minimum absolute atomic E-state index is 0.127. The number of fused-ring (bicyclic) bond motifs is 2. The smallest absolute Gasteiger partial charge is 0.458 e. The second-order valence-corrected chi connectivity index (χ2v) is 9.23. The molecule has 2 aromatic carbocycles. The molecule has 0 saturated heterocycles. The summed E-state index contributed by atoms with van der Waals surface area (Å²) in [6, 6.07) is 3.07. The molecule has 0 bridgehead atoms. The van der Waals surface area contributed by atoms with Crippen molar-refractivity contribution in [2.24, 2.45) is 23.7 Å². The molecule has 7 heteroatoms. The zero-order valence-corrected chi connectivity index (χ0v) is 17.7. The molecule has 2 fully saturated rings. The topological polar surface area (TPSA) is 9.23 Å². The molecule has 4 rings (SSSR count). The van der Waals surface area contributed by atoms with Crippen LogP contribution >= 0.6 is 0 Å². The summed E-state index contributed by atoms with van der Waals surface area (Å²) in [6.07, 6.45) is 2.10. The predicted molar refractivity (Wildman–Crippen MR) is 110 cm³/mol. The van der Waals surface area contributed by atoms with Crippen LogP contribution in [0, 0.1) is 53.0 Å². The van der Waals surface area contributed by atoms with Gasteiger partial charge in [-0.15, -0.1) is 0 Å². The molecule has 2 aromatic rings. The van der Waals surface area contributed by atoms with Gasteiger partial charge in [-0.25, -0.2) is 13.2 Å². The van der Waals surface area contributed by atoms with E-state index >= 15 is 0 Å². The minimum Gasteiger partial charge on any atom is -0.493 e. The largest absolute Gasteiger partial charge is 0.493 e. The Morgan fingerprint density at radius 3 is 2.41 bits per heavy atom. The quantitative estimate of drug-likeness (QED) is 0.347. The van der Waals surface area contributed by atoms with Crippen LogP contribution in [0.5, 0.6) is 5.75 Å². The molecule has 0 heterocycles. The molecular weight excluding hydrogens is 430 g/mol. The number of hydrogen-bond donors (Lipinski definition) is 0. The number of ether oxygens (including phenoxy) is 1. The van der Waals surface area contributed by atoms with Gasteiger partial charge in [0, 0.05) is 12.0 Å². The molecular formula is C25H24F6O. The molecule has 0 amide bonds. The summed E-state index contributed by atoms with van der Waals surface area (Å²) in [5, 5.41) is -0.736. The van der Waals surface area contributed by atoms with Crippen molar-refractivity contribution < 1.29 is 31.1 Å². The van der Waals surface area contributed by atoms with Crippen molar-refractivity contribution >= 4 is 10.8 Å². The Labute approximate surface area is 183 Å². The summed E-state index contributed by atoms with van der Waals surface area (Å²) < 4.78 is 86.0. The van der Waals surface area contributed by atoms with E-state index in [2.05, 4.69) is 6.92 Å². The normalized spacial score (nSPS) is 25.7. The third kappa shape index (κ3) is 5.00. The Balaban J connectivity index is 1.50. The molecule has 1 nitrogen and oxygen atoms in total. The van der Waals surface area contributed by atoms with Crippen LogP contribution in [0.25, 0.3) is 10.8 Å². The zero-order valence-electron chi connectivity index (χ0n) is 17.7. The summed E-state index contributed by atoms with van der Waals surface area (Å²) in [6.45, 7) is 2.70. The molecule has 2 aliphatic carbocycles. The predicted octanol–water partition coefficient (Wildman–Crippen LogP) is 7.40. The summed E-state index contributed by atoms with van der Waals surface area (Å²) in [5.41, 5.74) is -1.11. The molecule has 4 atom stereocenters. The fourth-order valence-electron chi connectivity index (χ4n) is 5.30. The first-order chi connectivity index (χ1) is 15.1. The molecule has 0 N–H and O–H groups in total. The summed E-state index contributed by atoms with van der Waals surface area (Å²) in [5.74, 6) is 1.21. The molecule has 32 heavy (non-hydrogen) atoms. The van der Waals surface area contributed by atoms with Gasteiger partial charge in [-0.3, -0.25) is 0 Å². The highest BCUT2D eigenvalue weighted by Crippen LogP contribution is 2.44. The van der Waals surface area contributed by atoms with E-state index in [1.807, 2.05) is 0 Å². The number of hydrogen-bond acceptors (Lipinski definition) is 1. The second kappa shape index (κ2) is 8.88. The average Bonchev–Trinajstić information content (AvgIpc) is 2.70. The Hall–Kier alpha value is -2.36. The highest BCUT2D eigenvalue weighted by molar-refractivity contribution is 5.86. The van der Waals surface area contributed by atoms with Gasteiger partial charge in [-0.1, -0.05) is 19.3 Å². The lowest BCUT2D eigenvalue weighted by atomic mass is 9.65. The van der Waals surface area contributed by atoms with Gasteiger partial charge in [0.25, 0.3) is 0 Å². The Bertz CT molecular complexity index is 1060. The van der Waals surface area contributed by atoms with Crippen molar-refractivity contribution in [1.29, 1.82) is 0 Å². The molecule has 0 aromatic heterocycles. The van der Waals surface area contributed by atoms with E-state index in [1.54, 1.807) is 0 Å². The van der Waals surface area contributed by atoms with E-state index < -0.39 is 34.6 Å². The third-order valence-corrected chi connectivity index (χ3v) is 6.85. The van der Waals surface area contributed by atoms with Crippen LogP contribution in [0.2, 0.25) is 0 Å². The standard InChI is InChI=1S/C25H24F6O/c1-14-2-4-17-9-15(3-5-16(17)8-14)13-32-19-10-18-11-21(26)20(6-7-25(29,30)31)24(28)23(18)22(27)12-19/h10-12,14-17H,2-5,8-9,13H2,1H3. The molecule has 2 saturated carbocycles. The number of alkyl halides is 3. The maximum atomic E-state index is 14.6. The Kier molecular flexibility index (Phi) is 6.33. The number of benzene rings is 2. The zero-order chi connectivity index (χ0) is 23.0. The lowest BCUT2D eigenvalue weighted by Gasteiger charge is -2.41. The monoisotopic (exact) mass is 454 g/mol. The van der Waals surface area contributed by atoms with Gasteiger partial charge in [0.05, 0.1) is 17.6 Å². The van der Waals surface area contributed by atoms with Gasteiger partial charge in [-0.2, -0.15) is 13.2 Å². The summed E-state index contributed by atoms with van der Waals surface area (Å²) >= 11 is 0. The molecule has 172 valence electrons. The van der Waals surface area contributed by atoms with Gasteiger partial charge in [0.1, 0.15) is 17.4 Å². The molecule has 4 unspecified atom stereocenters. The third-order valence-electron chi connectivity index (χ3n) is 6.85. The highest BCUT2D eigenvalue weighted by Gasteiger charge is 2.34. The number of rotatable bonds is 3. The summed E-state index contributed by atoms with van der Waals surface area (Å²) in [7, 11) is 0. The van der Waals surface area contributed by atoms with E-state index in [9.17, 15) is 26.3 Å². The van der Waals surface area contributed by atoms with Crippen molar-refractivity contribution in [3.8, 4) is 17.6 Å². The van der Waals surface area contributed by atoms with Crippen LogP contribution in [0.15, 0.2) is 18.2 Å². The Morgan fingerprint density at radius 2 is 1.66 bits per heavy atom. The van der Waals surface area contributed by atoms with Crippen LogP contribution in [0.3, 0.4) is 0 Å². The van der Waals surface area contributed by atoms with E-state index in [1.165, 1.54) is 31.2 Å². The van der Waals surface area contributed by atoms with Gasteiger partial charge in [-0.05, 0) is 73.3 Å². The van der Waals surface area contributed by atoms with Crippen LogP contribution in [-0.2, 0) is 0 Å². The molecule has 0 aliphatic heterocycles. The highest BCUT2D eigenvalue weighted by atomic mass is 19.4. The second-order valence-electron chi connectivity index (χ2n) is 9.23. The maximum absolute atomic E-state index is 14.6. The lowest BCUT2D eigenvalue weighted by Crippen LogP contribution is -2.32. The van der Waals surface area contributed by atoms with Gasteiger partial charge in [0.15, 0.2) is 5.82 Å². The van der Waals surface area contributed by atoms with Crippen molar-refractivity contribution in [1.82, 2.24) is 0 Å². The maximum Gasteiger partial charge on any atom is 0.458 e. The van der Waals surface area contributed by atoms with Crippen LogP contribution in [-0.4, -0.2) is 12.8 Å². The molecule has 0 spiro atoms. The van der Waals surface area contributed by atoms with Crippen molar-refractivity contribution in [3.63, 3.8) is 0 Å². The van der Waals surface area contributed by atoms with Crippen molar-refractivity contribution in [2.45, 2.75) is 51.6 Å². The van der Waals surface area contributed by atoms with Crippen LogP contribution < -0.4 is 4.74 Å². The van der Waals surface area contributed by atoms with Gasteiger partial charge < -0.3 is 4.74 Å². The SMILES string of the molecule is CC1CCC2CC(COc3cc(F)c4c(F)c(C#CC(F)(F)F)c(F)cc4c3)CCC2C1. The van der Waals surface area contributed by atoms with E-state index in [0.29, 0.717) is 18.4 Å². The fraction of sp³-hybridized carbons (Fsp3) is 0.520. The summed E-state index contributed by atoms with van der Waals surface area (Å²) in [4.78, 5) is 0. The van der Waals surface area contributed by atoms with Gasteiger partial charge in [0.2, 0.25) is 0 Å². The average molecular weight is 454 g/mol. The molecule has 0 radical (unpaired) electrons. The first kappa shape index (κ1) is 22.8.